The molecule has 5 aliphatic rings. The average Bonchev–Trinajstić information content (AvgIpc) is 2.85. The molecule has 212 valence electrons. The molecule has 0 saturated heterocycles. The minimum absolute atomic E-state index is 0.0349. The van der Waals surface area contributed by atoms with Gasteiger partial charge in [0.1, 0.15) is 11.4 Å². The maximum absolute atomic E-state index is 14.5. The van der Waals surface area contributed by atoms with Crippen molar-refractivity contribution in [2.24, 2.45) is 44.3 Å². The maximum Gasteiger partial charge on any atom is 0.226 e. The number of Topliss-reactive ketones (excluding diaryl/α,β-unsaturated/α-hetero) is 2. The van der Waals surface area contributed by atoms with E-state index in [1.807, 2.05) is 26.8 Å². The van der Waals surface area contributed by atoms with Crippen molar-refractivity contribution in [3.8, 4) is 0 Å². The van der Waals surface area contributed by atoms with E-state index in [0.717, 1.165) is 37.7 Å². The van der Waals surface area contributed by atoms with Gasteiger partial charge >= 0.3 is 0 Å². The number of allylic oxidation sites excluding steroid dienone is 3. The van der Waals surface area contributed by atoms with Gasteiger partial charge in [-0.05, 0) is 74.2 Å². The number of hydrogen-bond donors (Lipinski definition) is 1. The van der Waals surface area contributed by atoms with Crippen LogP contribution in [0.5, 0.6) is 0 Å². The molecule has 39 heavy (non-hydrogen) atoms. The maximum atomic E-state index is 14.5. The number of nitrogens with zero attached hydrogens (tertiary/aromatic N) is 1. The van der Waals surface area contributed by atoms with E-state index >= 15 is 0 Å². The summed E-state index contributed by atoms with van der Waals surface area (Å²) in [6, 6.07) is 0. The van der Waals surface area contributed by atoms with Crippen LogP contribution >= 0.6 is 0 Å². The number of hydrogen-bond acceptors (Lipinski definition) is 4. The summed E-state index contributed by atoms with van der Waals surface area (Å²) in [5.41, 5.74) is -3.87. The Bertz CT molecular complexity index is 1260. The summed E-state index contributed by atoms with van der Waals surface area (Å²) in [5, 5.41) is 13.0. The van der Waals surface area contributed by atoms with Crippen molar-refractivity contribution in [3.05, 3.63) is 34.8 Å². The molecule has 0 bridgehead atoms. The van der Waals surface area contributed by atoms with E-state index in [1.54, 1.807) is 6.08 Å². The number of rotatable bonds is 3. The van der Waals surface area contributed by atoms with Gasteiger partial charge in [-0.2, -0.15) is 0 Å². The highest BCUT2D eigenvalue weighted by Gasteiger charge is 2.76. The Morgan fingerprint density at radius 3 is 2.26 bits per heavy atom. The second-order valence-corrected chi connectivity index (χ2v) is 15.7. The third-order valence-corrected chi connectivity index (χ3v) is 13.1. The van der Waals surface area contributed by atoms with Crippen LogP contribution in [-0.2, 0) is 14.4 Å². The van der Waals surface area contributed by atoms with Gasteiger partial charge in [0.05, 0.1) is 6.57 Å². The molecule has 3 saturated carbocycles. The van der Waals surface area contributed by atoms with Crippen LogP contribution in [0.4, 0.5) is 0 Å². The number of aliphatic hydroxyl groups is 1. The quantitative estimate of drug-likeness (QED) is 0.395. The Morgan fingerprint density at radius 1 is 1.00 bits per heavy atom. The third-order valence-electron chi connectivity index (χ3n) is 13.1. The van der Waals surface area contributed by atoms with Crippen LogP contribution in [0.1, 0.15) is 113 Å². The van der Waals surface area contributed by atoms with E-state index in [4.69, 9.17) is 6.57 Å². The SMILES string of the molecule is [C-]#[N+]C1=C[C@]2(C)C3=CC(=O)[C@]4(O)[C@@H]5CC(C)(C)CC[C@]5(C(=O)CCC)CC[C@@]4(C)[C@]3(C)CC[C@H]2C(C)(C)C1=O. The van der Waals surface area contributed by atoms with Crippen LogP contribution in [0.3, 0.4) is 0 Å². The minimum atomic E-state index is -1.64. The van der Waals surface area contributed by atoms with Crippen LogP contribution in [-0.4, -0.2) is 28.1 Å². The van der Waals surface area contributed by atoms with Gasteiger partial charge in [-0.1, -0.05) is 67.0 Å². The van der Waals surface area contributed by atoms with E-state index in [-0.39, 0.29) is 34.4 Å². The lowest BCUT2D eigenvalue weighted by molar-refractivity contribution is -0.242. The van der Waals surface area contributed by atoms with E-state index in [9.17, 15) is 19.5 Å². The molecule has 5 rings (SSSR count). The Balaban J connectivity index is 1.74. The average molecular weight is 534 g/mol. The lowest BCUT2D eigenvalue weighted by Crippen LogP contribution is -2.74. The Hall–Kier alpha value is -2.06. The minimum Gasteiger partial charge on any atom is -0.381 e. The van der Waals surface area contributed by atoms with Crippen molar-refractivity contribution in [3.63, 3.8) is 0 Å². The fourth-order valence-corrected chi connectivity index (χ4v) is 10.6. The fourth-order valence-electron chi connectivity index (χ4n) is 10.6. The molecule has 0 aromatic carbocycles. The highest BCUT2D eigenvalue weighted by atomic mass is 16.3. The molecular weight excluding hydrogens is 486 g/mol. The van der Waals surface area contributed by atoms with E-state index in [1.165, 1.54) is 0 Å². The molecule has 0 unspecified atom stereocenters. The molecular formula is C34H47NO4. The third kappa shape index (κ3) is 3.25. The first-order valence-electron chi connectivity index (χ1n) is 15.1. The van der Waals surface area contributed by atoms with Gasteiger partial charge in [-0.15, -0.1) is 0 Å². The van der Waals surface area contributed by atoms with Gasteiger partial charge in [0.25, 0.3) is 0 Å². The van der Waals surface area contributed by atoms with Crippen molar-refractivity contribution >= 4 is 17.3 Å². The molecule has 3 fully saturated rings. The number of carbonyl (C=O) groups is 3. The molecule has 0 spiro atoms. The largest absolute Gasteiger partial charge is 0.381 e. The van der Waals surface area contributed by atoms with Gasteiger partial charge in [0.15, 0.2) is 11.6 Å². The fraction of sp³-hybridized carbons (Fsp3) is 0.765. The second kappa shape index (κ2) is 8.25. The van der Waals surface area contributed by atoms with Gasteiger partial charge < -0.3 is 9.90 Å². The van der Waals surface area contributed by atoms with Crippen molar-refractivity contribution in [2.45, 2.75) is 119 Å². The summed E-state index contributed by atoms with van der Waals surface area (Å²) in [4.78, 5) is 45.3. The Morgan fingerprint density at radius 2 is 1.64 bits per heavy atom. The summed E-state index contributed by atoms with van der Waals surface area (Å²) >= 11 is 0. The van der Waals surface area contributed by atoms with Crippen LogP contribution in [0.25, 0.3) is 4.85 Å². The van der Waals surface area contributed by atoms with Crippen LogP contribution < -0.4 is 0 Å². The molecule has 0 radical (unpaired) electrons. The zero-order valence-electron chi connectivity index (χ0n) is 25.3. The standard InChI is InChI=1S/C34H47NO4/c1-10-11-25(36)33-16-14-28(2,3)20-24(33)34(39)26(37)18-23-30(6)19-21(35-9)27(38)29(4,5)22(30)12-13-31(23,7)32(34,8)15-17-33/h18-19,22,24,39H,10-17,20H2,1-8H3/t22-,24+,30-,31+,32-,33-,34+/m0/s1. The first-order chi connectivity index (χ1) is 17.9. The number of fused-ring (bicyclic) bond motifs is 7. The Labute approximate surface area is 234 Å². The van der Waals surface area contributed by atoms with Crippen LogP contribution in [0.2, 0.25) is 0 Å². The van der Waals surface area contributed by atoms with E-state index < -0.39 is 38.6 Å². The molecule has 5 heteroatoms. The second-order valence-electron chi connectivity index (χ2n) is 15.7. The molecule has 0 amide bonds. The molecule has 0 aromatic rings. The first-order valence-corrected chi connectivity index (χ1v) is 15.1. The first kappa shape index (κ1) is 28.5. The van der Waals surface area contributed by atoms with E-state index in [0.29, 0.717) is 25.7 Å². The molecule has 0 aromatic heterocycles. The van der Waals surface area contributed by atoms with Crippen molar-refractivity contribution in [1.29, 1.82) is 0 Å². The lowest BCUT2D eigenvalue weighted by Gasteiger charge is -2.71. The van der Waals surface area contributed by atoms with Crippen molar-refractivity contribution in [2.75, 3.05) is 0 Å². The van der Waals surface area contributed by atoms with Gasteiger partial charge in [-0.3, -0.25) is 9.59 Å². The lowest BCUT2D eigenvalue weighted by atomic mass is 9.32. The molecule has 5 nitrogen and oxygen atoms in total. The van der Waals surface area contributed by atoms with Crippen LogP contribution in [0.15, 0.2) is 23.4 Å². The highest BCUT2D eigenvalue weighted by Crippen LogP contribution is 2.75. The topological polar surface area (TPSA) is 75.8 Å². The summed E-state index contributed by atoms with van der Waals surface area (Å²) in [6.45, 7) is 24.5. The summed E-state index contributed by atoms with van der Waals surface area (Å²) in [7, 11) is 0. The molecule has 5 aliphatic carbocycles. The zero-order valence-corrected chi connectivity index (χ0v) is 25.3. The predicted molar refractivity (Wildman–Crippen MR) is 151 cm³/mol. The molecule has 0 heterocycles. The highest BCUT2D eigenvalue weighted by molar-refractivity contribution is 6.04. The number of ketones is 3. The van der Waals surface area contributed by atoms with Gasteiger partial charge in [-0.25, -0.2) is 4.85 Å². The Kier molecular flexibility index (Phi) is 6.02. The predicted octanol–water partition coefficient (Wildman–Crippen LogP) is 7.04. The monoisotopic (exact) mass is 533 g/mol. The smallest absolute Gasteiger partial charge is 0.226 e. The summed E-state index contributed by atoms with van der Waals surface area (Å²) in [6.07, 6.45) is 9.96. The normalized spacial score (nSPS) is 45.9. The van der Waals surface area contributed by atoms with Crippen molar-refractivity contribution < 1.29 is 19.5 Å². The number of carbonyl (C=O) groups excluding carboxylic acids is 3. The van der Waals surface area contributed by atoms with Crippen molar-refractivity contribution in [1.82, 2.24) is 0 Å². The summed E-state index contributed by atoms with van der Waals surface area (Å²) in [5.74, 6) is -0.620. The molecule has 7 atom stereocenters. The van der Waals surface area contributed by atoms with Gasteiger partial charge in [0, 0.05) is 34.0 Å². The summed E-state index contributed by atoms with van der Waals surface area (Å²) < 4.78 is 0. The van der Waals surface area contributed by atoms with Gasteiger partial charge in [0.2, 0.25) is 5.70 Å². The van der Waals surface area contributed by atoms with E-state index in [2.05, 4.69) is 39.5 Å². The zero-order chi connectivity index (χ0) is 29.0. The molecule has 1 N–H and O–H groups in total. The van der Waals surface area contributed by atoms with Crippen LogP contribution in [0, 0.1) is 50.9 Å². The molecule has 0 aliphatic heterocycles.